The van der Waals surface area contributed by atoms with Crippen LogP contribution in [0.2, 0.25) is 0 Å². The van der Waals surface area contributed by atoms with Gasteiger partial charge in [0.15, 0.2) is 0 Å². The molecule has 50 heavy (non-hydrogen) atoms. The fourth-order valence-corrected chi connectivity index (χ4v) is 4.94. The molecule has 0 aromatic heterocycles. The van der Waals surface area contributed by atoms with Crippen molar-refractivity contribution < 1.29 is 38.1 Å². The maximum atomic E-state index is 11.5. The summed E-state index contributed by atoms with van der Waals surface area (Å²) in [6.07, 6.45) is 29.7. The van der Waals surface area contributed by atoms with Gasteiger partial charge in [-0.3, -0.25) is 0 Å². The van der Waals surface area contributed by atoms with Crippen molar-refractivity contribution in [1.29, 1.82) is 0 Å². The Bertz CT molecular complexity index is 794. The Morgan fingerprint density at radius 1 is 0.360 bits per heavy atom. The van der Waals surface area contributed by atoms with Crippen molar-refractivity contribution in [3.63, 3.8) is 0 Å². The van der Waals surface area contributed by atoms with Crippen LogP contribution in [-0.2, 0) is 38.1 Å². The van der Waals surface area contributed by atoms with Crippen LogP contribution in [0.25, 0.3) is 0 Å². The first-order valence-corrected chi connectivity index (χ1v) is 20.1. The first-order chi connectivity index (χ1) is 24.1. The largest absolute Gasteiger partial charge is 0.463 e. The summed E-state index contributed by atoms with van der Waals surface area (Å²) in [7, 11) is 0. The van der Waals surface area contributed by atoms with Crippen molar-refractivity contribution in [3.8, 4) is 0 Å². The highest BCUT2D eigenvalue weighted by Gasteiger charge is 2.03. The van der Waals surface area contributed by atoms with E-state index in [2.05, 4.69) is 41.5 Å². The summed E-state index contributed by atoms with van der Waals surface area (Å²) in [6.45, 7) is 14.9. The summed E-state index contributed by atoms with van der Waals surface area (Å²) in [6, 6.07) is 0. The third-order valence-electron chi connectivity index (χ3n) is 8.04. The average Bonchev–Trinajstić information content (AvgIpc) is 3.08. The fourth-order valence-electron chi connectivity index (χ4n) is 4.94. The van der Waals surface area contributed by atoms with Crippen molar-refractivity contribution in [3.05, 3.63) is 24.3 Å². The predicted octanol–water partition coefficient (Wildman–Crippen LogP) is 11.2. The molecule has 0 amide bonds. The van der Waals surface area contributed by atoms with E-state index in [1.807, 2.05) is 0 Å². The molecule has 8 nitrogen and oxygen atoms in total. The van der Waals surface area contributed by atoms with Crippen LogP contribution in [0.5, 0.6) is 0 Å². The van der Waals surface area contributed by atoms with Crippen molar-refractivity contribution in [1.82, 2.24) is 0 Å². The number of hydrogen-bond acceptors (Lipinski definition) is 8. The molecule has 0 aromatic rings. The van der Waals surface area contributed by atoms with Crippen molar-refractivity contribution >= 4 is 23.9 Å². The second-order valence-corrected chi connectivity index (χ2v) is 14.1. The van der Waals surface area contributed by atoms with Gasteiger partial charge in [-0.1, -0.05) is 157 Å². The Morgan fingerprint density at radius 3 is 0.820 bits per heavy atom. The number of carbonyl (C=O) groups is 4. The van der Waals surface area contributed by atoms with Crippen LogP contribution < -0.4 is 0 Å². The number of ether oxygens (including phenoxy) is 4. The van der Waals surface area contributed by atoms with Gasteiger partial charge in [-0.15, -0.1) is 0 Å². The highest BCUT2D eigenvalue weighted by atomic mass is 16.5. The second kappa shape index (κ2) is 39.2. The minimum Gasteiger partial charge on any atom is -0.463 e. The van der Waals surface area contributed by atoms with Gasteiger partial charge >= 0.3 is 23.9 Å². The van der Waals surface area contributed by atoms with E-state index in [1.54, 1.807) is 0 Å². The van der Waals surface area contributed by atoms with Crippen LogP contribution in [0.4, 0.5) is 0 Å². The van der Waals surface area contributed by atoms with E-state index in [0.717, 1.165) is 100 Å². The van der Waals surface area contributed by atoms with E-state index in [9.17, 15) is 19.2 Å². The highest BCUT2D eigenvalue weighted by molar-refractivity contribution is 5.92. The molecule has 0 N–H and O–H groups in total. The molecule has 0 rings (SSSR count). The number of unbranched alkanes of at least 4 members (excludes halogenated alkanes) is 16. The number of hydrogen-bond donors (Lipinski definition) is 0. The van der Waals surface area contributed by atoms with Gasteiger partial charge in [-0.2, -0.15) is 0 Å². The molecule has 292 valence electrons. The van der Waals surface area contributed by atoms with Gasteiger partial charge in [-0.05, 0) is 37.5 Å². The minimum absolute atomic E-state index is 0.409. The van der Waals surface area contributed by atoms with Gasteiger partial charge in [0, 0.05) is 24.3 Å². The lowest BCUT2D eigenvalue weighted by atomic mass is 10.1. The van der Waals surface area contributed by atoms with Crippen LogP contribution in [-0.4, -0.2) is 50.3 Å². The molecular weight excluding hydrogens is 632 g/mol. The highest BCUT2D eigenvalue weighted by Crippen LogP contribution is 2.10. The first kappa shape index (κ1) is 49.5. The maximum Gasteiger partial charge on any atom is 0.331 e. The summed E-state index contributed by atoms with van der Waals surface area (Å²) in [5, 5.41) is 0. The third kappa shape index (κ3) is 43.4. The van der Waals surface area contributed by atoms with Gasteiger partial charge < -0.3 is 18.9 Å². The zero-order valence-electron chi connectivity index (χ0n) is 33.1. The standard InChI is InChI=1S/C22H40O4.C20H36O4/c1-3-5-7-9-11-13-15-19-25-21(23)17-18-22(24)26-20-16-14-12-10-8-6-4-2;1-17(2)11-7-5-9-15-23-19(21)13-14-20(22)24-16-10-6-8-12-18(3)4/h17-18H,3-16,19-20H2,1-2H3;13-14,17-18H,5-12,15-16H2,1-4H3. The Kier molecular flexibility index (Phi) is 38.7. The Labute approximate surface area is 306 Å². The molecular formula is C42H76O8. The summed E-state index contributed by atoms with van der Waals surface area (Å²) in [4.78, 5) is 45.9. The Balaban J connectivity index is 0. The summed E-state index contributed by atoms with van der Waals surface area (Å²) in [5.41, 5.74) is 0. The van der Waals surface area contributed by atoms with Crippen molar-refractivity contribution in [2.75, 3.05) is 26.4 Å². The molecule has 0 aliphatic rings. The normalized spacial score (nSPS) is 11.2. The molecule has 0 spiro atoms. The molecule has 0 aliphatic heterocycles. The zero-order chi connectivity index (χ0) is 37.5. The quantitative estimate of drug-likeness (QED) is 0.0294. The SMILES string of the molecule is CC(C)CCCCCOC(=O)C=CC(=O)OCCCCCC(C)C.CCCCCCCCCOC(=O)C=CC(=O)OCCCCCCCCC. The molecule has 0 saturated carbocycles. The van der Waals surface area contributed by atoms with Crippen molar-refractivity contribution in [2.24, 2.45) is 11.8 Å². The lowest BCUT2D eigenvalue weighted by Gasteiger charge is -2.05. The third-order valence-corrected chi connectivity index (χ3v) is 8.04. The molecule has 0 bridgehead atoms. The van der Waals surface area contributed by atoms with E-state index in [0.29, 0.717) is 26.4 Å². The molecule has 0 aromatic carbocycles. The van der Waals surface area contributed by atoms with Crippen LogP contribution in [0, 0.1) is 11.8 Å². The molecule has 0 fully saturated rings. The fraction of sp³-hybridized carbons (Fsp3) is 0.810. The van der Waals surface area contributed by atoms with E-state index in [4.69, 9.17) is 18.9 Å². The monoisotopic (exact) mass is 709 g/mol. The molecule has 0 unspecified atom stereocenters. The zero-order valence-corrected chi connectivity index (χ0v) is 33.1. The number of carbonyl (C=O) groups excluding carboxylic acids is 4. The summed E-state index contributed by atoms with van der Waals surface area (Å²) in [5.74, 6) is -0.457. The molecule has 0 heterocycles. The topological polar surface area (TPSA) is 105 Å². The summed E-state index contributed by atoms with van der Waals surface area (Å²) >= 11 is 0. The maximum absolute atomic E-state index is 11.5. The van der Waals surface area contributed by atoms with Gasteiger partial charge in [0.2, 0.25) is 0 Å². The van der Waals surface area contributed by atoms with Gasteiger partial charge in [0.05, 0.1) is 26.4 Å². The van der Waals surface area contributed by atoms with Gasteiger partial charge in [0.1, 0.15) is 0 Å². The smallest absolute Gasteiger partial charge is 0.331 e. The molecule has 0 atom stereocenters. The summed E-state index contributed by atoms with van der Waals surface area (Å²) < 4.78 is 20.2. The van der Waals surface area contributed by atoms with E-state index in [1.165, 1.54) is 77.0 Å². The van der Waals surface area contributed by atoms with Crippen LogP contribution in [0.1, 0.15) is 183 Å². The Hall–Kier alpha value is -2.64. The first-order valence-electron chi connectivity index (χ1n) is 20.1. The van der Waals surface area contributed by atoms with Crippen LogP contribution in [0.3, 0.4) is 0 Å². The van der Waals surface area contributed by atoms with Gasteiger partial charge in [-0.25, -0.2) is 19.2 Å². The minimum atomic E-state index is -0.479. The average molecular weight is 709 g/mol. The second-order valence-electron chi connectivity index (χ2n) is 14.1. The van der Waals surface area contributed by atoms with E-state index >= 15 is 0 Å². The lowest BCUT2D eigenvalue weighted by Crippen LogP contribution is -2.06. The number of esters is 4. The number of rotatable bonds is 32. The van der Waals surface area contributed by atoms with E-state index in [-0.39, 0.29) is 0 Å². The lowest BCUT2D eigenvalue weighted by molar-refractivity contribution is -0.140. The Morgan fingerprint density at radius 2 is 0.580 bits per heavy atom. The van der Waals surface area contributed by atoms with E-state index < -0.39 is 23.9 Å². The van der Waals surface area contributed by atoms with Crippen LogP contribution >= 0.6 is 0 Å². The van der Waals surface area contributed by atoms with Crippen molar-refractivity contribution in [2.45, 2.75) is 183 Å². The molecule has 8 heteroatoms. The predicted molar refractivity (Wildman–Crippen MR) is 205 cm³/mol. The molecule has 0 saturated heterocycles. The molecule has 0 aliphatic carbocycles. The molecule has 0 radical (unpaired) electrons. The van der Waals surface area contributed by atoms with Gasteiger partial charge in [0.25, 0.3) is 0 Å². The van der Waals surface area contributed by atoms with Crippen LogP contribution in [0.15, 0.2) is 24.3 Å².